The van der Waals surface area contributed by atoms with Crippen molar-refractivity contribution in [2.45, 2.75) is 51.5 Å². The summed E-state index contributed by atoms with van der Waals surface area (Å²) in [5, 5.41) is 21.1. The highest BCUT2D eigenvalue weighted by molar-refractivity contribution is 8.14. The first-order chi connectivity index (χ1) is 12.1. The van der Waals surface area contributed by atoms with Crippen molar-refractivity contribution in [3.05, 3.63) is 11.5 Å². The Labute approximate surface area is 152 Å². The third-order valence-electron chi connectivity index (χ3n) is 5.05. The molecule has 0 aromatic heterocycles. The van der Waals surface area contributed by atoms with Crippen LogP contribution in [0.15, 0.2) is 16.6 Å². The van der Waals surface area contributed by atoms with Gasteiger partial charge in [-0.05, 0) is 19.3 Å². The van der Waals surface area contributed by atoms with Gasteiger partial charge in [0.25, 0.3) is 0 Å². The van der Waals surface area contributed by atoms with E-state index in [1.54, 1.807) is 11.8 Å². The molecule has 1 aliphatic heterocycles. The Kier molecular flexibility index (Phi) is 5.88. The first-order valence-corrected chi connectivity index (χ1v) is 10.0. The summed E-state index contributed by atoms with van der Waals surface area (Å²) in [4.78, 5) is 25.2. The topological polar surface area (TPSA) is 103 Å². The molecule has 25 heavy (non-hydrogen) atoms. The zero-order chi connectivity index (χ0) is 17.8. The third kappa shape index (κ3) is 4.29. The SMILES string of the molecule is CC1CC(NC(=O)C2CCCCC2)C(=O)C(N/N=C2/NCCS2)=C1O. The molecule has 1 heterocycles. The lowest BCUT2D eigenvalue weighted by atomic mass is 9.86. The molecule has 4 N–H and O–H groups in total. The van der Waals surface area contributed by atoms with Crippen molar-refractivity contribution in [1.82, 2.24) is 16.1 Å². The monoisotopic (exact) mass is 366 g/mol. The minimum atomic E-state index is -0.604. The number of rotatable bonds is 4. The summed E-state index contributed by atoms with van der Waals surface area (Å²) in [6.07, 6.45) is 5.53. The smallest absolute Gasteiger partial charge is 0.223 e. The van der Waals surface area contributed by atoms with Crippen LogP contribution in [-0.4, -0.2) is 40.3 Å². The Balaban J connectivity index is 1.66. The Morgan fingerprint density at radius 1 is 1.32 bits per heavy atom. The fraction of sp³-hybridized carbons (Fsp3) is 0.706. The fourth-order valence-corrected chi connectivity index (χ4v) is 4.26. The van der Waals surface area contributed by atoms with Crippen molar-refractivity contribution >= 4 is 28.6 Å². The van der Waals surface area contributed by atoms with Crippen LogP contribution in [-0.2, 0) is 9.59 Å². The number of carbonyl (C=O) groups is 2. The van der Waals surface area contributed by atoms with Crippen molar-refractivity contribution in [2.75, 3.05) is 12.3 Å². The molecule has 3 aliphatic rings. The number of aliphatic hydroxyl groups excluding tert-OH is 1. The number of carbonyl (C=O) groups excluding carboxylic acids is 2. The van der Waals surface area contributed by atoms with Crippen LogP contribution in [0.2, 0.25) is 0 Å². The second-order valence-corrected chi connectivity index (χ2v) is 8.04. The second kappa shape index (κ2) is 8.12. The van der Waals surface area contributed by atoms with Crippen LogP contribution < -0.4 is 16.1 Å². The second-order valence-electron chi connectivity index (χ2n) is 6.96. The van der Waals surface area contributed by atoms with E-state index < -0.39 is 6.04 Å². The van der Waals surface area contributed by atoms with E-state index in [0.717, 1.165) is 38.0 Å². The summed E-state index contributed by atoms with van der Waals surface area (Å²) < 4.78 is 0. The number of hydrogen-bond donors (Lipinski definition) is 4. The number of ketones is 1. The van der Waals surface area contributed by atoms with Gasteiger partial charge >= 0.3 is 0 Å². The summed E-state index contributed by atoms with van der Waals surface area (Å²) in [7, 11) is 0. The van der Waals surface area contributed by atoms with Gasteiger partial charge in [-0.3, -0.25) is 15.0 Å². The molecule has 2 atom stereocenters. The van der Waals surface area contributed by atoms with E-state index in [2.05, 4.69) is 21.2 Å². The molecule has 1 amide bonds. The van der Waals surface area contributed by atoms with Crippen LogP contribution in [0.1, 0.15) is 45.4 Å². The van der Waals surface area contributed by atoms with Crippen molar-refractivity contribution in [2.24, 2.45) is 16.9 Å². The van der Waals surface area contributed by atoms with Crippen molar-refractivity contribution in [3.8, 4) is 0 Å². The number of amides is 1. The Bertz CT molecular complexity index is 591. The lowest BCUT2D eigenvalue weighted by molar-refractivity contribution is -0.130. The quantitative estimate of drug-likeness (QED) is 0.564. The fourth-order valence-electron chi connectivity index (χ4n) is 3.55. The summed E-state index contributed by atoms with van der Waals surface area (Å²) in [6, 6.07) is -0.604. The van der Waals surface area contributed by atoms with Crippen LogP contribution in [0.4, 0.5) is 0 Å². The molecule has 7 nitrogen and oxygen atoms in total. The standard InChI is InChI=1S/C17H26N4O3S/c1-10-9-12(19-16(24)11-5-3-2-4-6-11)15(23)13(14(10)22)20-21-17-18-7-8-25-17/h10-12,20,22H,2-9H2,1H3,(H,18,21)(H,19,24). The molecule has 8 heteroatoms. The van der Waals surface area contributed by atoms with E-state index in [9.17, 15) is 14.7 Å². The summed E-state index contributed by atoms with van der Waals surface area (Å²) in [5.41, 5.74) is 2.80. The number of thioether (sulfide) groups is 1. The van der Waals surface area contributed by atoms with Crippen LogP contribution in [0.25, 0.3) is 0 Å². The maximum absolute atomic E-state index is 12.7. The van der Waals surface area contributed by atoms with E-state index >= 15 is 0 Å². The minimum Gasteiger partial charge on any atom is -0.510 e. The molecule has 0 spiro atoms. The number of nitrogens with one attached hydrogen (secondary N) is 3. The van der Waals surface area contributed by atoms with Gasteiger partial charge in [0.15, 0.2) is 5.17 Å². The molecule has 2 unspecified atom stereocenters. The van der Waals surface area contributed by atoms with Crippen LogP contribution in [0.5, 0.6) is 0 Å². The van der Waals surface area contributed by atoms with Crippen molar-refractivity contribution < 1.29 is 14.7 Å². The van der Waals surface area contributed by atoms with Gasteiger partial charge in [-0.25, -0.2) is 0 Å². The Morgan fingerprint density at radius 3 is 2.76 bits per heavy atom. The Hall–Kier alpha value is -1.70. The molecule has 138 valence electrons. The van der Waals surface area contributed by atoms with Gasteiger partial charge in [-0.15, -0.1) is 0 Å². The largest absolute Gasteiger partial charge is 0.510 e. The molecule has 2 aliphatic carbocycles. The van der Waals surface area contributed by atoms with Crippen LogP contribution in [0.3, 0.4) is 0 Å². The average Bonchev–Trinajstić information content (AvgIpc) is 3.14. The minimum absolute atomic E-state index is 0.00657. The van der Waals surface area contributed by atoms with E-state index in [1.165, 1.54) is 6.42 Å². The maximum atomic E-state index is 12.7. The highest BCUT2D eigenvalue weighted by Gasteiger charge is 2.36. The zero-order valence-electron chi connectivity index (χ0n) is 14.5. The number of Topliss-reactive ketones (excluding diaryl/α,β-unsaturated/α-hetero) is 1. The van der Waals surface area contributed by atoms with E-state index in [1.807, 2.05) is 6.92 Å². The summed E-state index contributed by atoms with van der Waals surface area (Å²) in [5.74, 6) is 0.405. The van der Waals surface area contributed by atoms with Crippen LogP contribution in [0, 0.1) is 11.8 Å². The molecule has 0 aromatic rings. The molecule has 1 saturated carbocycles. The molecule has 0 aromatic carbocycles. The van der Waals surface area contributed by atoms with Crippen LogP contribution >= 0.6 is 11.8 Å². The molecule has 0 radical (unpaired) electrons. The maximum Gasteiger partial charge on any atom is 0.223 e. The average molecular weight is 366 g/mol. The lowest BCUT2D eigenvalue weighted by Gasteiger charge is -2.30. The lowest BCUT2D eigenvalue weighted by Crippen LogP contribution is -2.49. The first kappa shape index (κ1) is 18.1. The third-order valence-corrected chi connectivity index (χ3v) is 5.97. The normalized spacial score (nSPS) is 29.6. The summed E-state index contributed by atoms with van der Waals surface area (Å²) in [6.45, 7) is 2.68. The number of amidine groups is 1. The van der Waals surface area contributed by atoms with E-state index in [0.29, 0.717) is 11.6 Å². The van der Waals surface area contributed by atoms with Gasteiger partial charge in [0.1, 0.15) is 11.5 Å². The molecule has 1 saturated heterocycles. The highest BCUT2D eigenvalue weighted by Crippen LogP contribution is 2.27. The highest BCUT2D eigenvalue weighted by atomic mass is 32.2. The van der Waals surface area contributed by atoms with Gasteiger partial charge in [0.2, 0.25) is 11.7 Å². The Morgan fingerprint density at radius 2 is 2.08 bits per heavy atom. The predicted octanol–water partition coefficient (Wildman–Crippen LogP) is 1.63. The molecular formula is C17H26N4O3S. The number of hydrogen-bond acceptors (Lipinski definition) is 6. The first-order valence-electron chi connectivity index (χ1n) is 9.04. The number of allylic oxidation sites excluding steroid dienone is 1. The van der Waals surface area contributed by atoms with Gasteiger partial charge in [0, 0.05) is 24.1 Å². The van der Waals surface area contributed by atoms with Gasteiger partial charge in [0.05, 0.1) is 6.04 Å². The van der Waals surface area contributed by atoms with Gasteiger partial charge in [-0.2, -0.15) is 5.10 Å². The van der Waals surface area contributed by atoms with E-state index in [-0.39, 0.29) is 35.0 Å². The van der Waals surface area contributed by atoms with Crippen molar-refractivity contribution in [1.29, 1.82) is 0 Å². The van der Waals surface area contributed by atoms with E-state index in [4.69, 9.17) is 0 Å². The van der Waals surface area contributed by atoms with Crippen molar-refractivity contribution in [3.63, 3.8) is 0 Å². The number of hydrazone groups is 1. The molecular weight excluding hydrogens is 340 g/mol. The molecule has 0 bridgehead atoms. The predicted molar refractivity (Wildman–Crippen MR) is 98.0 cm³/mol. The van der Waals surface area contributed by atoms with Gasteiger partial charge in [-0.1, -0.05) is 37.9 Å². The molecule has 2 fully saturated rings. The number of nitrogens with zero attached hydrogens (tertiary/aromatic N) is 1. The van der Waals surface area contributed by atoms with Gasteiger partial charge < -0.3 is 15.7 Å². The summed E-state index contributed by atoms with van der Waals surface area (Å²) >= 11 is 1.56. The zero-order valence-corrected chi connectivity index (χ0v) is 15.3. The molecule has 3 rings (SSSR count). The number of aliphatic hydroxyl groups is 1.